The van der Waals surface area contributed by atoms with Gasteiger partial charge in [0.25, 0.3) is 0 Å². The molecule has 0 bridgehead atoms. The lowest BCUT2D eigenvalue weighted by atomic mass is 9.81. The molecule has 4 nitrogen and oxygen atoms in total. The molecule has 4 rings (SSSR count). The molecule has 0 spiro atoms. The maximum Gasteiger partial charge on any atom is 0.417 e. The van der Waals surface area contributed by atoms with Crippen molar-refractivity contribution >= 4 is 11.1 Å². The Kier molecular flexibility index (Phi) is 6.15. The lowest BCUT2D eigenvalue weighted by Gasteiger charge is -2.30. The van der Waals surface area contributed by atoms with Crippen LogP contribution >= 0.6 is 0 Å². The minimum absolute atomic E-state index is 0.359. The number of aromatic nitrogens is 1. The second-order valence-corrected chi connectivity index (χ2v) is 8.24. The molecule has 0 saturated heterocycles. The zero-order valence-corrected chi connectivity index (χ0v) is 17.1. The number of rotatable bonds is 9. The second-order valence-electron chi connectivity index (χ2n) is 8.24. The molecule has 0 aliphatic heterocycles. The van der Waals surface area contributed by atoms with Gasteiger partial charge in [0.2, 0.25) is 0 Å². The lowest BCUT2D eigenvalue weighted by Crippen LogP contribution is -2.44. The summed E-state index contributed by atoms with van der Waals surface area (Å²) in [6, 6.07) is 26.9. The van der Waals surface area contributed by atoms with Gasteiger partial charge in [0, 0.05) is 5.54 Å². The molecular weight excluding hydrogens is 372 g/mol. The van der Waals surface area contributed by atoms with Crippen molar-refractivity contribution in [3.8, 4) is 0 Å². The molecule has 154 valence electrons. The first kappa shape index (κ1) is 20.2. The molecule has 0 amide bonds. The Morgan fingerprint density at radius 3 is 2.20 bits per heavy atom. The van der Waals surface area contributed by atoms with Gasteiger partial charge in [0.15, 0.2) is 5.58 Å². The molecule has 3 aromatic carbocycles. The third-order valence-electron chi connectivity index (χ3n) is 5.67. The van der Waals surface area contributed by atoms with Gasteiger partial charge in [-0.05, 0) is 60.9 Å². The maximum atomic E-state index is 11.5. The van der Waals surface area contributed by atoms with Crippen molar-refractivity contribution in [3.63, 3.8) is 0 Å². The number of aryl methyl sites for hydroxylation is 1. The van der Waals surface area contributed by atoms with E-state index in [-0.39, 0.29) is 5.54 Å². The molecule has 4 aromatic rings. The summed E-state index contributed by atoms with van der Waals surface area (Å²) < 4.78 is 5.24. The molecule has 0 aliphatic rings. The van der Waals surface area contributed by atoms with Gasteiger partial charge in [0.05, 0.1) is 5.52 Å². The highest BCUT2D eigenvalue weighted by atomic mass is 16.4. The van der Waals surface area contributed by atoms with Crippen LogP contribution in [0.15, 0.2) is 88.1 Å². The van der Waals surface area contributed by atoms with E-state index in [1.165, 1.54) is 11.1 Å². The van der Waals surface area contributed by atoms with E-state index in [9.17, 15) is 4.79 Å². The minimum Gasteiger partial charge on any atom is -0.408 e. The van der Waals surface area contributed by atoms with E-state index < -0.39 is 5.76 Å². The molecule has 1 atom stereocenters. The van der Waals surface area contributed by atoms with Crippen molar-refractivity contribution in [2.75, 3.05) is 0 Å². The molecule has 3 N–H and O–H groups in total. The normalized spacial score (nSPS) is 13.4. The summed E-state index contributed by atoms with van der Waals surface area (Å²) >= 11 is 0. The lowest BCUT2D eigenvalue weighted by molar-refractivity contribution is 0.371. The highest BCUT2D eigenvalue weighted by Gasteiger charge is 2.26. The van der Waals surface area contributed by atoms with Crippen LogP contribution in [0.25, 0.3) is 11.1 Å². The monoisotopic (exact) mass is 400 g/mol. The van der Waals surface area contributed by atoms with Gasteiger partial charge >= 0.3 is 5.76 Å². The number of fused-ring (bicyclic) bond motifs is 1. The van der Waals surface area contributed by atoms with E-state index >= 15 is 0 Å². The van der Waals surface area contributed by atoms with E-state index in [0.29, 0.717) is 5.58 Å². The van der Waals surface area contributed by atoms with Gasteiger partial charge in [-0.25, -0.2) is 4.79 Å². The van der Waals surface area contributed by atoms with Crippen LogP contribution in [0, 0.1) is 0 Å². The van der Waals surface area contributed by atoms with Gasteiger partial charge < -0.3 is 10.2 Å². The Hall–Kier alpha value is -3.11. The molecule has 1 heterocycles. The molecule has 0 radical (unpaired) electrons. The van der Waals surface area contributed by atoms with Crippen LogP contribution in [0.1, 0.15) is 36.0 Å². The van der Waals surface area contributed by atoms with Crippen LogP contribution in [-0.4, -0.2) is 10.5 Å². The predicted octanol–water partition coefficient (Wildman–Crippen LogP) is 5.02. The van der Waals surface area contributed by atoms with E-state index in [1.807, 2.05) is 24.3 Å². The van der Waals surface area contributed by atoms with Gasteiger partial charge in [-0.3, -0.25) is 4.98 Å². The third kappa shape index (κ3) is 5.28. The van der Waals surface area contributed by atoms with E-state index in [0.717, 1.165) is 49.6 Å². The molecule has 1 unspecified atom stereocenters. The van der Waals surface area contributed by atoms with Crippen LogP contribution in [0.2, 0.25) is 0 Å². The van der Waals surface area contributed by atoms with Crippen LogP contribution in [0.3, 0.4) is 0 Å². The fraction of sp³-hybridized carbons (Fsp3) is 0.269. The standard InChI is InChI=1S/C26H28N2O2/c27-26(18-21-12-5-2-6-13-21,16-8-7-11-20-9-3-1-4-10-20)19-22-14-15-23-24(17-22)30-25(29)28-23/h1-6,9-10,12-15,17H,7-8,11,16,18-19,27H2,(H,28,29). The largest absolute Gasteiger partial charge is 0.417 e. The Labute approximate surface area is 176 Å². The third-order valence-corrected chi connectivity index (χ3v) is 5.67. The molecule has 30 heavy (non-hydrogen) atoms. The summed E-state index contributed by atoms with van der Waals surface area (Å²) in [7, 11) is 0. The highest BCUT2D eigenvalue weighted by molar-refractivity contribution is 5.72. The molecule has 0 saturated carbocycles. The molecular formula is C26H28N2O2. The Morgan fingerprint density at radius 1 is 0.800 bits per heavy atom. The molecule has 1 aromatic heterocycles. The second kappa shape index (κ2) is 9.14. The van der Waals surface area contributed by atoms with Crippen LogP contribution in [0.5, 0.6) is 0 Å². The molecule has 4 heteroatoms. The fourth-order valence-electron chi connectivity index (χ4n) is 4.20. The van der Waals surface area contributed by atoms with Crippen LogP contribution < -0.4 is 11.5 Å². The predicted molar refractivity (Wildman–Crippen MR) is 122 cm³/mol. The number of hydrogen-bond acceptors (Lipinski definition) is 3. The van der Waals surface area contributed by atoms with Crippen molar-refractivity contribution in [3.05, 3.63) is 106 Å². The smallest absolute Gasteiger partial charge is 0.408 e. The molecule has 0 fully saturated rings. The first-order valence-electron chi connectivity index (χ1n) is 10.6. The fourth-order valence-corrected chi connectivity index (χ4v) is 4.20. The summed E-state index contributed by atoms with van der Waals surface area (Å²) in [5, 5.41) is 0. The number of nitrogens with one attached hydrogen (secondary N) is 1. The van der Waals surface area contributed by atoms with Crippen molar-refractivity contribution in [2.45, 2.75) is 44.1 Å². The van der Waals surface area contributed by atoms with Crippen molar-refractivity contribution < 1.29 is 4.42 Å². The molecule has 0 aliphatic carbocycles. The van der Waals surface area contributed by atoms with Crippen molar-refractivity contribution in [2.24, 2.45) is 5.73 Å². The summed E-state index contributed by atoms with van der Waals surface area (Å²) in [5.74, 6) is -0.425. The Bertz CT molecular complexity index is 1130. The van der Waals surface area contributed by atoms with Gasteiger partial charge in [-0.15, -0.1) is 0 Å². The first-order valence-corrected chi connectivity index (χ1v) is 10.6. The van der Waals surface area contributed by atoms with E-state index in [2.05, 4.69) is 59.6 Å². The SMILES string of the molecule is NC(CCCCc1ccccc1)(Cc1ccccc1)Cc1ccc2[nH]c(=O)oc2c1. The zero-order chi connectivity index (χ0) is 20.8. The minimum atomic E-state index is -0.425. The average molecular weight is 401 g/mol. The van der Waals surface area contributed by atoms with Gasteiger partial charge in [-0.2, -0.15) is 0 Å². The highest BCUT2D eigenvalue weighted by Crippen LogP contribution is 2.25. The summed E-state index contributed by atoms with van der Waals surface area (Å²) in [6.45, 7) is 0. The number of hydrogen-bond donors (Lipinski definition) is 2. The van der Waals surface area contributed by atoms with E-state index in [4.69, 9.17) is 10.2 Å². The maximum absolute atomic E-state index is 11.5. The zero-order valence-electron chi connectivity index (χ0n) is 17.1. The number of nitrogens with two attached hydrogens (primary N) is 1. The summed E-state index contributed by atoms with van der Waals surface area (Å²) in [6.07, 6.45) is 5.74. The van der Waals surface area contributed by atoms with Crippen LogP contribution in [0.4, 0.5) is 0 Å². The summed E-state index contributed by atoms with van der Waals surface area (Å²) in [4.78, 5) is 14.2. The van der Waals surface area contributed by atoms with Crippen molar-refractivity contribution in [1.82, 2.24) is 4.98 Å². The van der Waals surface area contributed by atoms with Crippen molar-refractivity contribution in [1.29, 1.82) is 0 Å². The number of unbranched alkanes of at least 4 members (excludes halogenated alkanes) is 1. The number of H-pyrrole nitrogens is 1. The number of aromatic amines is 1. The Morgan fingerprint density at radius 2 is 1.47 bits per heavy atom. The van der Waals surface area contributed by atoms with E-state index in [1.54, 1.807) is 0 Å². The topological polar surface area (TPSA) is 72.0 Å². The number of benzene rings is 3. The number of oxazole rings is 1. The van der Waals surface area contributed by atoms with Crippen LogP contribution in [-0.2, 0) is 19.3 Å². The average Bonchev–Trinajstić information content (AvgIpc) is 3.12. The Balaban J connectivity index is 1.47. The summed E-state index contributed by atoms with van der Waals surface area (Å²) in [5.41, 5.74) is 11.6. The first-order chi connectivity index (χ1) is 14.6. The quantitative estimate of drug-likeness (QED) is 0.388. The van der Waals surface area contributed by atoms with Gasteiger partial charge in [-0.1, -0.05) is 73.2 Å². The van der Waals surface area contributed by atoms with Gasteiger partial charge in [0.1, 0.15) is 0 Å².